The minimum atomic E-state index is -0.410. The van der Waals surface area contributed by atoms with Gasteiger partial charge in [0.05, 0.1) is 0 Å². The van der Waals surface area contributed by atoms with Gasteiger partial charge in [-0.25, -0.2) is 4.79 Å². The van der Waals surface area contributed by atoms with Crippen molar-refractivity contribution in [2.24, 2.45) is 5.41 Å². The standard InChI is InChI=1S/C14H26N2O2/c1-13(2,3)18-12(17)16-11-5-7-14(9-11)6-4-8-15-10-14/h11,15H,4-10H2,1-3H3,(H,16,17). The second-order valence-corrected chi connectivity index (χ2v) is 6.87. The number of carbonyl (C=O) groups is 1. The van der Waals surface area contributed by atoms with E-state index < -0.39 is 5.60 Å². The van der Waals surface area contributed by atoms with Gasteiger partial charge in [-0.15, -0.1) is 0 Å². The lowest BCUT2D eigenvalue weighted by Gasteiger charge is -2.34. The molecular formula is C14H26N2O2. The first-order valence-electron chi connectivity index (χ1n) is 7.09. The molecule has 1 heterocycles. The van der Waals surface area contributed by atoms with Gasteiger partial charge in [0.2, 0.25) is 0 Å². The van der Waals surface area contributed by atoms with Gasteiger partial charge in [0, 0.05) is 12.6 Å². The Morgan fingerprint density at radius 3 is 2.78 bits per heavy atom. The Kier molecular flexibility index (Phi) is 3.85. The van der Waals surface area contributed by atoms with Crippen LogP contribution >= 0.6 is 0 Å². The smallest absolute Gasteiger partial charge is 0.407 e. The van der Waals surface area contributed by atoms with Gasteiger partial charge in [0.1, 0.15) is 5.60 Å². The minimum absolute atomic E-state index is 0.270. The second-order valence-electron chi connectivity index (χ2n) is 6.87. The fraction of sp³-hybridized carbons (Fsp3) is 0.929. The van der Waals surface area contributed by atoms with Crippen LogP contribution in [0.3, 0.4) is 0 Å². The largest absolute Gasteiger partial charge is 0.444 e. The third-order valence-electron chi connectivity index (χ3n) is 3.98. The average molecular weight is 254 g/mol. The van der Waals surface area contributed by atoms with E-state index in [2.05, 4.69) is 10.6 Å². The maximum atomic E-state index is 11.7. The quantitative estimate of drug-likeness (QED) is 0.755. The fourth-order valence-electron chi connectivity index (χ4n) is 3.22. The predicted molar refractivity (Wildman–Crippen MR) is 71.5 cm³/mol. The lowest BCUT2D eigenvalue weighted by Crippen LogP contribution is -2.41. The summed E-state index contributed by atoms with van der Waals surface area (Å²) in [4.78, 5) is 11.7. The van der Waals surface area contributed by atoms with E-state index in [0.29, 0.717) is 11.5 Å². The van der Waals surface area contributed by atoms with Crippen molar-refractivity contribution >= 4 is 6.09 Å². The second kappa shape index (κ2) is 5.08. The Morgan fingerprint density at radius 2 is 2.17 bits per heavy atom. The van der Waals surface area contributed by atoms with Gasteiger partial charge in [0.25, 0.3) is 0 Å². The number of rotatable bonds is 1. The summed E-state index contributed by atoms with van der Waals surface area (Å²) in [5.74, 6) is 0. The molecule has 2 N–H and O–H groups in total. The van der Waals surface area contributed by atoms with Crippen molar-refractivity contribution < 1.29 is 9.53 Å². The van der Waals surface area contributed by atoms with Crippen molar-refractivity contribution in [3.63, 3.8) is 0 Å². The number of amides is 1. The number of alkyl carbamates (subject to hydrolysis) is 1. The third-order valence-corrected chi connectivity index (χ3v) is 3.98. The summed E-state index contributed by atoms with van der Waals surface area (Å²) in [7, 11) is 0. The number of nitrogens with one attached hydrogen (secondary N) is 2. The predicted octanol–water partition coefficient (Wildman–Crippen LogP) is 2.43. The Morgan fingerprint density at radius 1 is 1.39 bits per heavy atom. The lowest BCUT2D eigenvalue weighted by molar-refractivity contribution is 0.0501. The van der Waals surface area contributed by atoms with E-state index in [9.17, 15) is 4.79 Å². The van der Waals surface area contributed by atoms with Gasteiger partial charge in [-0.2, -0.15) is 0 Å². The summed E-state index contributed by atoms with van der Waals surface area (Å²) in [5.41, 5.74) is 0.0185. The van der Waals surface area contributed by atoms with Crippen LogP contribution in [0.5, 0.6) is 0 Å². The molecule has 104 valence electrons. The van der Waals surface area contributed by atoms with E-state index >= 15 is 0 Å². The van der Waals surface area contributed by atoms with Crippen LogP contribution in [0.1, 0.15) is 52.9 Å². The minimum Gasteiger partial charge on any atom is -0.444 e. The Hall–Kier alpha value is -0.770. The van der Waals surface area contributed by atoms with Crippen LogP contribution in [0.4, 0.5) is 4.79 Å². The molecule has 2 rings (SSSR count). The fourth-order valence-corrected chi connectivity index (χ4v) is 3.22. The number of piperidine rings is 1. The molecule has 1 spiro atoms. The monoisotopic (exact) mass is 254 g/mol. The Balaban J connectivity index is 1.80. The first kappa shape index (κ1) is 13.7. The van der Waals surface area contributed by atoms with Crippen molar-refractivity contribution in [3.8, 4) is 0 Å². The van der Waals surface area contributed by atoms with Crippen LogP contribution in [-0.2, 0) is 4.74 Å². The van der Waals surface area contributed by atoms with Gasteiger partial charge in [-0.3, -0.25) is 0 Å². The molecule has 0 bridgehead atoms. The first-order chi connectivity index (χ1) is 8.39. The highest BCUT2D eigenvalue weighted by atomic mass is 16.6. The van der Waals surface area contributed by atoms with E-state index in [1.54, 1.807) is 0 Å². The van der Waals surface area contributed by atoms with Crippen LogP contribution in [0.25, 0.3) is 0 Å². The van der Waals surface area contributed by atoms with Crippen LogP contribution in [0, 0.1) is 5.41 Å². The topological polar surface area (TPSA) is 50.4 Å². The van der Waals surface area contributed by atoms with Crippen molar-refractivity contribution in [1.82, 2.24) is 10.6 Å². The summed E-state index contributed by atoms with van der Waals surface area (Å²) < 4.78 is 5.31. The maximum absolute atomic E-state index is 11.7. The van der Waals surface area contributed by atoms with E-state index in [-0.39, 0.29) is 6.09 Å². The molecule has 4 nitrogen and oxygen atoms in total. The summed E-state index contributed by atoms with van der Waals surface area (Å²) >= 11 is 0. The third kappa shape index (κ3) is 3.61. The zero-order valence-electron chi connectivity index (χ0n) is 11.8. The SMILES string of the molecule is CC(C)(C)OC(=O)NC1CCC2(CCCNC2)C1. The molecule has 2 fully saturated rings. The highest BCUT2D eigenvalue weighted by Gasteiger charge is 2.40. The van der Waals surface area contributed by atoms with Gasteiger partial charge in [-0.05, 0) is 64.8 Å². The number of hydrogen-bond donors (Lipinski definition) is 2. The zero-order chi connectivity index (χ0) is 13.2. The van der Waals surface area contributed by atoms with E-state index in [4.69, 9.17) is 4.74 Å². The van der Waals surface area contributed by atoms with Crippen LogP contribution < -0.4 is 10.6 Å². The summed E-state index contributed by atoms with van der Waals surface area (Å²) in [5, 5.41) is 6.50. The average Bonchev–Trinajstić information content (AvgIpc) is 2.59. The highest BCUT2D eigenvalue weighted by Crippen LogP contribution is 2.42. The molecule has 0 aromatic rings. The number of carbonyl (C=O) groups excluding carboxylic acids is 1. The summed E-state index contributed by atoms with van der Waals surface area (Å²) in [6.07, 6.45) is 5.69. The van der Waals surface area contributed by atoms with Gasteiger partial charge in [-0.1, -0.05) is 0 Å². The van der Waals surface area contributed by atoms with Crippen molar-refractivity contribution in [3.05, 3.63) is 0 Å². The van der Waals surface area contributed by atoms with Gasteiger partial charge < -0.3 is 15.4 Å². The van der Waals surface area contributed by atoms with Gasteiger partial charge in [0.15, 0.2) is 0 Å². The zero-order valence-corrected chi connectivity index (χ0v) is 11.8. The van der Waals surface area contributed by atoms with Crippen molar-refractivity contribution in [2.75, 3.05) is 13.1 Å². The van der Waals surface area contributed by atoms with E-state index in [1.807, 2.05) is 20.8 Å². The number of ether oxygens (including phenoxy) is 1. The summed E-state index contributed by atoms with van der Waals surface area (Å²) in [6.45, 7) is 7.95. The lowest BCUT2D eigenvalue weighted by atomic mass is 9.79. The molecule has 1 saturated carbocycles. The molecule has 2 atom stereocenters. The van der Waals surface area contributed by atoms with E-state index in [1.165, 1.54) is 19.3 Å². The van der Waals surface area contributed by atoms with Gasteiger partial charge >= 0.3 is 6.09 Å². The van der Waals surface area contributed by atoms with Crippen LogP contribution in [0.2, 0.25) is 0 Å². The molecule has 2 unspecified atom stereocenters. The molecule has 0 aromatic heterocycles. The van der Waals surface area contributed by atoms with Crippen LogP contribution in [-0.4, -0.2) is 30.8 Å². The van der Waals surface area contributed by atoms with Crippen LogP contribution in [0.15, 0.2) is 0 Å². The van der Waals surface area contributed by atoms with Crippen molar-refractivity contribution in [1.29, 1.82) is 0 Å². The molecule has 1 aliphatic heterocycles. The van der Waals surface area contributed by atoms with Crippen molar-refractivity contribution in [2.45, 2.75) is 64.5 Å². The molecule has 4 heteroatoms. The highest BCUT2D eigenvalue weighted by molar-refractivity contribution is 5.68. The normalized spacial score (nSPS) is 32.5. The molecule has 2 aliphatic rings. The molecule has 1 aliphatic carbocycles. The number of hydrogen-bond acceptors (Lipinski definition) is 3. The molecular weight excluding hydrogens is 228 g/mol. The first-order valence-corrected chi connectivity index (χ1v) is 7.09. The summed E-state index contributed by atoms with van der Waals surface area (Å²) in [6, 6.07) is 0.291. The molecule has 1 amide bonds. The Bertz CT molecular complexity index is 303. The molecule has 18 heavy (non-hydrogen) atoms. The Labute approximate surface area is 110 Å². The maximum Gasteiger partial charge on any atom is 0.407 e. The van der Waals surface area contributed by atoms with E-state index in [0.717, 1.165) is 25.9 Å². The molecule has 1 saturated heterocycles. The molecule has 0 radical (unpaired) electrons. The molecule has 0 aromatic carbocycles.